The lowest BCUT2D eigenvalue weighted by Gasteiger charge is -2.01. The Kier molecular flexibility index (Phi) is 1.83. The van der Waals surface area contributed by atoms with Crippen LogP contribution in [0.2, 0.25) is 0 Å². The van der Waals surface area contributed by atoms with Crippen molar-refractivity contribution in [2.24, 2.45) is 0 Å². The third kappa shape index (κ3) is 1.10. The van der Waals surface area contributed by atoms with Gasteiger partial charge in [0.05, 0.1) is 0 Å². The summed E-state index contributed by atoms with van der Waals surface area (Å²) in [6.07, 6.45) is 1.06. The van der Waals surface area contributed by atoms with Crippen molar-refractivity contribution in [1.29, 1.82) is 0 Å². The second-order valence-corrected chi connectivity index (χ2v) is 2.90. The van der Waals surface area contributed by atoms with Gasteiger partial charge in [0.1, 0.15) is 0 Å². The van der Waals surface area contributed by atoms with Gasteiger partial charge in [-0.15, -0.1) is 0 Å². The molecule has 0 aliphatic rings. The van der Waals surface area contributed by atoms with Gasteiger partial charge < -0.3 is 0 Å². The highest BCUT2D eigenvalue weighted by atomic mass is 14.0. The minimum Gasteiger partial charge on any atom is -0.0616 e. The highest BCUT2D eigenvalue weighted by Gasteiger charge is 1.96. The zero-order valence-corrected chi connectivity index (χ0v) is 7.17. The van der Waals surface area contributed by atoms with Crippen LogP contribution in [0.3, 0.4) is 0 Å². The third-order valence-electron chi connectivity index (χ3n) is 2.16. The fourth-order valence-corrected chi connectivity index (χ4v) is 1.52. The summed E-state index contributed by atoms with van der Waals surface area (Å²) in [4.78, 5) is 0. The molecule has 0 amide bonds. The maximum absolute atomic E-state index is 3.26. The Morgan fingerprint density at radius 1 is 1.17 bits per heavy atom. The van der Waals surface area contributed by atoms with Crippen LogP contribution in [-0.2, 0) is 6.42 Å². The van der Waals surface area contributed by atoms with E-state index in [0.717, 1.165) is 6.42 Å². The molecule has 0 bridgehead atoms. The SMILES string of the molecule is CCc1[c]ccc2ccccc12. The molecule has 2 rings (SSSR count). The minimum absolute atomic E-state index is 1.06. The topological polar surface area (TPSA) is 0 Å². The van der Waals surface area contributed by atoms with Crippen molar-refractivity contribution in [3.63, 3.8) is 0 Å². The fraction of sp³-hybridized carbons (Fsp3) is 0.167. The molecular formula is C12H11. The van der Waals surface area contributed by atoms with Crippen LogP contribution in [0.1, 0.15) is 12.5 Å². The largest absolute Gasteiger partial charge is 0.0616 e. The van der Waals surface area contributed by atoms with Crippen molar-refractivity contribution >= 4 is 10.8 Å². The normalized spacial score (nSPS) is 10.4. The van der Waals surface area contributed by atoms with Gasteiger partial charge in [0.25, 0.3) is 0 Å². The molecule has 0 nitrogen and oxygen atoms in total. The molecule has 0 saturated heterocycles. The molecular weight excluding hydrogens is 144 g/mol. The smallest absolute Gasteiger partial charge is 0.0143 e. The summed E-state index contributed by atoms with van der Waals surface area (Å²) in [6, 6.07) is 15.8. The summed E-state index contributed by atoms with van der Waals surface area (Å²) < 4.78 is 0. The van der Waals surface area contributed by atoms with Crippen LogP contribution in [-0.4, -0.2) is 0 Å². The van der Waals surface area contributed by atoms with E-state index in [9.17, 15) is 0 Å². The van der Waals surface area contributed by atoms with Crippen molar-refractivity contribution in [1.82, 2.24) is 0 Å². The monoisotopic (exact) mass is 155 g/mol. The predicted molar refractivity (Wildman–Crippen MR) is 52.2 cm³/mol. The molecule has 12 heavy (non-hydrogen) atoms. The molecule has 0 saturated carbocycles. The Morgan fingerprint density at radius 2 is 2.00 bits per heavy atom. The third-order valence-corrected chi connectivity index (χ3v) is 2.16. The summed E-state index contributed by atoms with van der Waals surface area (Å²) in [5.74, 6) is 0. The quantitative estimate of drug-likeness (QED) is 0.593. The first kappa shape index (κ1) is 7.35. The zero-order valence-electron chi connectivity index (χ0n) is 7.17. The molecule has 0 aliphatic carbocycles. The van der Waals surface area contributed by atoms with Gasteiger partial charge in [-0.1, -0.05) is 43.3 Å². The zero-order chi connectivity index (χ0) is 8.39. The van der Waals surface area contributed by atoms with Gasteiger partial charge in [-0.05, 0) is 28.8 Å². The highest BCUT2D eigenvalue weighted by molar-refractivity contribution is 5.85. The Labute approximate surface area is 72.8 Å². The summed E-state index contributed by atoms with van der Waals surface area (Å²) in [5.41, 5.74) is 1.31. The van der Waals surface area contributed by atoms with Crippen LogP contribution in [0.4, 0.5) is 0 Å². The lowest BCUT2D eigenvalue weighted by molar-refractivity contribution is 1.16. The number of rotatable bonds is 1. The lowest BCUT2D eigenvalue weighted by Crippen LogP contribution is -1.82. The van der Waals surface area contributed by atoms with Crippen molar-refractivity contribution < 1.29 is 0 Å². The van der Waals surface area contributed by atoms with Gasteiger partial charge in [0, 0.05) is 0 Å². The maximum atomic E-state index is 3.26. The molecule has 0 aromatic heterocycles. The van der Waals surface area contributed by atoms with Gasteiger partial charge in [-0.3, -0.25) is 0 Å². The first-order valence-electron chi connectivity index (χ1n) is 4.30. The van der Waals surface area contributed by atoms with E-state index in [-0.39, 0.29) is 0 Å². The van der Waals surface area contributed by atoms with E-state index in [2.05, 4.69) is 43.3 Å². The van der Waals surface area contributed by atoms with E-state index in [1.54, 1.807) is 0 Å². The van der Waals surface area contributed by atoms with Crippen molar-refractivity contribution in [3.05, 3.63) is 48.0 Å². The molecule has 0 N–H and O–H groups in total. The maximum Gasteiger partial charge on any atom is -0.0143 e. The molecule has 0 aliphatic heterocycles. The number of fused-ring (bicyclic) bond motifs is 1. The first-order valence-corrected chi connectivity index (χ1v) is 4.30. The van der Waals surface area contributed by atoms with E-state index in [1.165, 1.54) is 16.3 Å². The molecule has 0 heterocycles. The Morgan fingerprint density at radius 3 is 2.83 bits per heavy atom. The number of hydrogen-bond donors (Lipinski definition) is 0. The summed E-state index contributed by atoms with van der Waals surface area (Å²) in [7, 11) is 0. The average molecular weight is 155 g/mol. The van der Waals surface area contributed by atoms with Crippen LogP contribution in [0.15, 0.2) is 36.4 Å². The Balaban J connectivity index is 2.79. The number of hydrogen-bond acceptors (Lipinski definition) is 0. The van der Waals surface area contributed by atoms with E-state index >= 15 is 0 Å². The van der Waals surface area contributed by atoms with Crippen LogP contribution in [0.25, 0.3) is 10.8 Å². The van der Waals surface area contributed by atoms with Crippen molar-refractivity contribution in [2.75, 3.05) is 0 Å². The minimum atomic E-state index is 1.06. The van der Waals surface area contributed by atoms with Gasteiger partial charge in [-0.2, -0.15) is 0 Å². The Hall–Kier alpha value is -1.30. The molecule has 2 aromatic rings. The highest BCUT2D eigenvalue weighted by Crippen LogP contribution is 2.17. The number of aryl methyl sites for hydroxylation is 1. The van der Waals surface area contributed by atoms with Crippen LogP contribution in [0.5, 0.6) is 0 Å². The van der Waals surface area contributed by atoms with E-state index in [0.29, 0.717) is 0 Å². The second kappa shape index (κ2) is 2.98. The number of benzene rings is 2. The molecule has 0 atom stereocenters. The molecule has 1 radical (unpaired) electrons. The van der Waals surface area contributed by atoms with E-state index < -0.39 is 0 Å². The van der Waals surface area contributed by atoms with Crippen LogP contribution >= 0.6 is 0 Å². The Bertz CT molecular complexity index is 383. The summed E-state index contributed by atoms with van der Waals surface area (Å²) >= 11 is 0. The average Bonchev–Trinajstić information content (AvgIpc) is 2.17. The first-order chi connectivity index (χ1) is 5.92. The van der Waals surface area contributed by atoms with E-state index in [1.807, 2.05) is 6.07 Å². The van der Waals surface area contributed by atoms with Gasteiger partial charge >= 0.3 is 0 Å². The molecule has 0 unspecified atom stereocenters. The summed E-state index contributed by atoms with van der Waals surface area (Å²) in [5, 5.41) is 2.65. The second-order valence-electron chi connectivity index (χ2n) is 2.90. The van der Waals surface area contributed by atoms with Crippen LogP contribution < -0.4 is 0 Å². The molecule has 0 fully saturated rings. The molecule has 59 valence electrons. The fourth-order valence-electron chi connectivity index (χ4n) is 1.52. The van der Waals surface area contributed by atoms with Gasteiger partial charge in [-0.25, -0.2) is 0 Å². The van der Waals surface area contributed by atoms with Crippen molar-refractivity contribution in [3.8, 4) is 0 Å². The van der Waals surface area contributed by atoms with Crippen LogP contribution in [0, 0.1) is 6.07 Å². The van der Waals surface area contributed by atoms with Crippen molar-refractivity contribution in [2.45, 2.75) is 13.3 Å². The summed E-state index contributed by atoms with van der Waals surface area (Å²) in [6.45, 7) is 2.16. The molecule has 0 heteroatoms. The lowest BCUT2D eigenvalue weighted by atomic mass is 10.0. The molecule has 0 spiro atoms. The van der Waals surface area contributed by atoms with Gasteiger partial charge in [0.15, 0.2) is 0 Å². The van der Waals surface area contributed by atoms with Gasteiger partial charge in [0.2, 0.25) is 0 Å². The standard InChI is InChI=1S/C12H11/c1-2-10-7-5-8-11-6-3-4-9-12(10)11/h3-6,8-9H,2H2,1H3. The molecule has 2 aromatic carbocycles. The van der Waals surface area contributed by atoms with E-state index in [4.69, 9.17) is 0 Å². The predicted octanol–water partition coefficient (Wildman–Crippen LogP) is 3.20.